The maximum absolute atomic E-state index is 11.0. The van der Waals surface area contributed by atoms with Crippen molar-refractivity contribution in [3.05, 3.63) is 0 Å². The molecule has 0 aromatic heterocycles. The number of hydrogen-bond donors (Lipinski definition) is 2. The van der Waals surface area contributed by atoms with Gasteiger partial charge in [0.25, 0.3) is 0 Å². The predicted octanol–water partition coefficient (Wildman–Crippen LogP) is -1.45. The topological polar surface area (TPSA) is 78.9 Å². The Labute approximate surface area is 75.5 Å². The zero-order valence-electron chi connectivity index (χ0n) is 7.15. The van der Waals surface area contributed by atoms with Crippen LogP contribution in [0, 0.1) is 0 Å². The molecule has 1 aliphatic heterocycles. The number of aliphatic hydroxyl groups excluding tert-OH is 1. The van der Waals surface area contributed by atoms with E-state index < -0.39 is 6.09 Å². The van der Waals surface area contributed by atoms with E-state index in [4.69, 9.17) is 5.11 Å². The molecule has 6 nitrogen and oxygen atoms in total. The monoisotopic (exact) mass is 188 g/mol. The lowest BCUT2D eigenvalue weighted by Gasteiger charge is -2.11. The highest BCUT2D eigenvalue weighted by Crippen LogP contribution is 2.01. The van der Waals surface area contributed by atoms with Gasteiger partial charge in [-0.05, 0) is 0 Å². The summed E-state index contributed by atoms with van der Waals surface area (Å²) in [6.45, 7) is 0.897. The molecule has 74 valence electrons. The summed E-state index contributed by atoms with van der Waals surface area (Å²) in [4.78, 5) is 23.2. The Bertz CT molecular complexity index is 207. The van der Waals surface area contributed by atoms with Gasteiger partial charge in [-0.3, -0.25) is 9.69 Å². The van der Waals surface area contributed by atoms with Gasteiger partial charge in [0.1, 0.15) is 13.2 Å². The Kier molecular flexibility index (Phi) is 3.51. The van der Waals surface area contributed by atoms with Crippen molar-refractivity contribution in [2.75, 3.05) is 32.8 Å². The van der Waals surface area contributed by atoms with Crippen molar-refractivity contribution in [2.24, 2.45) is 0 Å². The van der Waals surface area contributed by atoms with E-state index in [-0.39, 0.29) is 25.6 Å². The Morgan fingerprint density at radius 1 is 1.69 bits per heavy atom. The SMILES string of the molecule is O=C(CN1CCOC1=O)NCCO. The van der Waals surface area contributed by atoms with Crippen molar-refractivity contribution in [3.63, 3.8) is 0 Å². The maximum atomic E-state index is 11.0. The van der Waals surface area contributed by atoms with Crippen molar-refractivity contribution >= 4 is 12.0 Å². The second-order valence-electron chi connectivity index (χ2n) is 2.61. The van der Waals surface area contributed by atoms with Gasteiger partial charge >= 0.3 is 6.09 Å². The quantitative estimate of drug-likeness (QED) is 0.565. The van der Waals surface area contributed by atoms with E-state index >= 15 is 0 Å². The summed E-state index contributed by atoms with van der Waals surface area (Å²) < 4.78 is 4.63. The fourth-order valence-corrected chi connectivity index (χ4v) is 0.994. The molecular weight excluding hydrogens is 176 g/mol. The molecule has 0 bridgehead atoms. The fraction of sp³-hybridized carbons (Fsp3) is 0.714. The molecule has 1 rings (SSSR count). The number of hydrogen-bond acceptors (Lipinski definition) is 4. The molecule has 1 heterocycles. The minimum Gasteiger partial charge on any atom is -0.448 e. The first-order valence-corrected chi connectivity index (χ1v) is 4.03. The highest BCUT2D eigenvalue weighted by atomic mass is 16.6. The second-order valence-corrected chi connectivity index (χ2v) is 2.61. The molecule has 0 aliphatic carbocycles. The molecular formula is C7H12N2O4. The number of ether oxygens (including phenoxy) is 1. The largest absolute Gasteiger partial charge is 0.448 e. The van der Waals surface area contributed by atoms with Gasteiger partial charge in [0.2, 0.25) is 5.91 Å². The van der Waals surface area contributed by atoms with Crippen LogP contribution < -0.4 is 5.32 Å². The summed E-state index contributed by atoms with van der Waals surface area (Å²) in [6.07, 6.45) is -0.459. The van der Waals surface area contributed by atoms with Crippen LogP contribution in [0.1, 0.15) is 0 Å². The van der Waals surface area contributed by atoms with Crippen LogP contribution in [0.2, 0.25) is 0 Å². The summed E-state index contributed by atoms with van der Waals surface area (Å²) in [6, 6.07) is 0. The molecule has 0 atom stereocenters. The minimum absolute atomic E-state index is 0.00116. The van der Waals surface area contributed by atoms with E-state index in [0.717, 1.165) is 0 Å². The van der Waals surface area contributed by atoms with Crippen LogP contribution >= 0.6 is 0 Å². The molecule has 13 heavy (non-hydrogen) atoms. The predicted molar refractivity (Wildman–Crippen MR) is 43.0 cm³/mol. The van der Waals surface area contributed by atoms with Gasteiger partial charge in [-0.2, -0.15) is 0 Å². The van der Waals surface area contributed by atoms with Gasteiger partial charge < -0.3 is 15.2 Å². The molecule has 0 aromatic rings. The molecule has 0 aromatic carbocycles. The zero-order valence-corrected chi connectivity index (χ0v) is 7.15. The lowest BCUT2D eigenvalue weighted by molar-refractivity contribution is -0.121. The first-order valence-electron chi connectivity index (χ1n) is 4.03. The summed E-state index contributed by atoms with van der Waals surface area (Å²) in [5, 5.41) is 10.8. The number of nitrogens with zero attached hydrogens (tertiary/aromatic N) is 1. The van der Waals surface area contributed by atoms with Crippen LogP contribution in [-0.4, -0.2) is 54.9 Å². The lowest BCUT2D eigenvalue weighted by atomic mass is 10.5. The van der Waals surface area contributed by atoms with Crippen molar-refractivity contribution in [1.82, 2.24) is 10.2 Å². The minimum atomic E-state index is -0.459. The summed E-state index contributed by atoms with van der Waals surface area (Å²) >= 11 is 0. The van der Waals surface area contributed by atoms with E-state index in [2.05, 4.69) is 10.1 Å². The Morgan fingerprint density at radius 2 is 2.46 bits per heavy atom. The van der Waals surface area contributed by atoms with E-state index in [0.29, 0.717) is 13.2 Å². The zero-order chi connectivity index (χ0) is 9.68. The van der Waals surface area contributed by atoms with Gasteiger partial charge in [0, 0.05) is 6.54 Å². The van der Waals surface area contributed by atoms with Gasteiger partial charge in [-0.1, -0.05) is 0 Å². The fourth-order valence-electron chi connectivity index (χ4n) is 0.994. The summed E-state index contributed by atoms with van der Waals surface area (Å²) in [7, 11) is 0. The molecule has 1 saturated heterocycles. The highest BCUT2D eigenvalue weighted by Gasteiger charge is 2.23. The molecule has 6 heteroatoms. The number of rotatable bonds is 4. The van der Waals surface area contributed by atoms with E-state index in [1.807, 2.05) is 0 Å². The van der Waals surface area contributed by atoms with Crippen LogP contribution in [0.25, 0.3) is 0 Å². The smallest absolute Gasteiger partial charge is 0.410 e. The van der Waals surface area contributed by atoms with Crippen molar-refractivity contribution < 1.29 is 19.4 Å². The number of carbonyl (C=O) groups is 2. The van der Waals surface area contributed by atoms with Gasteiger partial charge in [0.15, 0.2) is 0 Å². The number of nitrogens with one attached hydrogen (secondary N) is 1. The van der Waals surface area contributed by atoms with Gasteiger partial charge in [-0.25, -0.2) is 4.79 Å². The Balaban J connectivity index is 2.23. The molecule has 2 amide bonds. The standard InChI is InChI=1S/C7H12N2O4/c10-3-1-8-6(11)5-9-2-4-13-7(9)12/h10H,1-5H2,(H,8,11). The van der Waals surface area contributed by atoms with Gasteiger partial charge in [-0.15, -0.1) is 0 Å². The third-order valence-corrected chi connectivity index (χ3v) is 1.61. The Morgan fingerprint density at radius 3 is 3.00 bits per heavy atom. The average molecular weight is 188 g/mol. The molecule has 2 N–H and O–H groups in total. The molecule has 0 spiro atoms. The van der Waals surface area contributed by atoms with E-state index in [9.17, 15) is 9.59 Å². The van der Waals surface area contributed by atoms with E-state index in [1.54, 1.807) is 0 Å². The summed E-state index contributed by atoms with van der Waals surface area (Å²) in [5.74, 6) is -0.284. The van der Waals surface area contributed by atoms with Crippen LogP contribution in [0.15, 0.2) is 0 Å². The van der Waals surface area contributed by atoms with Crippen LogP contribution in [-0.2, 0) is 9.53 Å². The molecule has 1 aliphatic rings. The first-order chi connectivity index (χ1) is 6.24. The highest BCUT2D eigenvalue weighted by molar-refractivity contribution is 5.82. The van der Waals surface area contributed by atoms with Crippen LogP contribution in [0.4, 0.5) is 4.79 Å². The third kappa shape index (κ3) is 2.90. The molecule has 0 radical (unpaired) electrons. The lowest BCUT2D eigenvalue weighted by Crippen LogP contribution is -2.38. The number of cyclic esters (lactones) is 1. The maximum Gasteiger partial charge on any atom is 0.410 e. The van der Waals surface area contributed by atoms with E-state index in [1.165, 1.54) is 4.90 Å². The second kappa shape index (κ2) is 4.66. The molecule has 0 saturated carbocycles. The number of carbonyl (C=O) groups excluding carboxylic acids is 2. The number of amides is 2. The van der Waals surface area contributed by atoms with Crippen molar-refractivity contribution in [1.29, 1.82) is 0 Å². The third-order valence-electron chi connectivity index (χ3n) is 1.61. The summed E-state index contributed by atoms with van der Waals surface area (Å²) in [5.41, 5.74) is 0. The first kappa shape index (κ1) is 9.79. The van der Waals surface area contributed by atoms with Gasteiger partial charge in [0.05, 0.1) is 13.2 Å². The van der Waals surface area contributed by atoms with Crippen LogP contribution in [0.3, 0.4) is 0 Å². The molecule has 1 fully saturated rings. The van der Waals surface area contributed by atoms with Crippen LogP contribution in [0.5, 0.6) is 0 Å². The van der Waals surface area contributed by atoms with Crippen molar-refractivity contribution in [3.8, 4) is 0 Å². The average Bonchev–Trinajstić information content (AvgIpc) is 2.48. The molecule has 0 unspecified atom stereocenters. The number of aliphatic hydroxyl groups is 1. The Hall–Kier alpha value is -1.30. The normalized spacial score (nSPS) is 15.8. The van der Waals surface area contributed by atoms with Crippen molar-refractivity contribution in [2.45, 2.75) is 0 Å².